The summed E-state index contributed by atoms with van der Waals surface area (Å²) >= 11 is 0. The lowest BCUT2D eigenvalue weighted by atomic mass is 9.95. The molecule has 1 aromatic carbocycles. The van der Waals surface area contributed by atoms with Crippen LogP contribution < -0.4 is 5.32 Å². The first kappa shape index (κ1) is 15.5. The number of aryl methyl sites for hydroxylation is 2. The number of carbonyl (C=O) groups excluding carboxylic acids is 2. The largest absolute Gasteiger partial charge is 0.352 e. The molecule has 114 valence electrons. The minimum absolute atomic E-state index is 0.0331. The van der Waals surface area contributed by atoms with Gasteiger partial charge >= 0.3 is 0 Å². The molecule has 0 saturated carbocycles. The zero-order chi connectivity index (χ0) is 15.4. The quantitative estimate of drug-likeness (QED) is 0.927. The van der Waals surface area contributed by atoms with E-state index in [0.717, 1.165) is 12.8 Å². The highest BCUT2D eigenvalue weighted by Crippen LogP contribution is 2.18. The van der Waals surface area contributed by atoms with Gasteiger partial charge in [0.05, 0.1) is 0 Å². The van der Waals surface area contributed by atoms with Gasteiger partial charge in [-0.15, -0.1) is 0 Å². The maximum atomic E-state index is 12.2. The highest BCUT2D eigenvalue weighted by atomic mass is 16.2. The number of benzene rings is 1. The van der Waals surface area contributed by atoms with Crippen molar-refractivity contribution < 1.29 is 9.59 Å². The molecule has 0 aromatic heterocycles. The number of hydrogen-bond acceptors (Lipinski definition) is 2. The van der Waals surface area contributed by atoms with Gasteiger partial charge in [0.25, 0.3) is 0 Å². The molecule has 1 heterocycles. The van der Waals surface area contributed by atoms with Gasteiger partial charge in [0.15, 0.2) is 0 Å². The summed E-state index contributed by atoms with van der Waals surface area (Å²) in [5, 5.41) is 3.04. The fraction of sp³-hybridized carbons (Fsp3) is 0.529. The van der Waals surface area contributed by atoms with Crippen molar-refractivity contribution in [3.05, 3.63) is 34.9 Å². The molecule has 1 aliphatic rings. The molecule has 1 aromatic rings. The lowest BCUT2D eigenvalue weighted by Gasteiger charge is -2.30. The lowest BCUT2D eigenvalue weighted by Crippen LogP contribution is -2.42. The number of likely N-dealkylation sites (tertiary alicyclic amines) is 1. The van der Waals surface area contributed by atoms with Crippen LogP contribution in [0, 0.1) is 19.8 Å². The second-order valence-electron chi connectivity index (χ2n) is 5.93. The molecule has 4 nitrogen and oxygen atoms in total. The Balaban J connectivity index is 1.85. The highest BCUT2D eigenvalue weighted by Gasteiger charge is 2.25. The Kier molecular flexibility index (Phi) is 4.99. The fourth-order valence-electron chi connectivity index (χ4n) is 2.77. The molecule has 21 heavy (non-hydrogen) atoms. The number of carbonyl (C=O) groups is 2. The van der Waals surface area contributed by atoms with Crippen LogP contribution in [0.2, 0.25) is 0 Å². The second kappa shape index (κ2) is 6.74. The zero-order valence-electron chi connectivity index (χ0n) is 13.1. The summed E-state index contributed by atoms with van der Waals surface area (Å²) in [6.07, 6.45) is 1.52. The molecular formula is C17H24N2O2. The molecule has 4 heteroatoms. The minimum atomic E-state index is 0.0331. The van der Waals surface area contributed by atoms with E-state index in [4.69, 9.17) is 0 Å². The minimum Gasteiger partial charge on any atom is -0.352 e. The van der Waals surface area contributed by atoms with Crippen molar-refractivity contribution in [2.75, 3.05) is 13.1 Å². The molecule has 1 aliphatic heterocycles. The first-order valence-corrected chi connectivity index (χ1v) is 7.56. The average Bonchev–Trinajstić information content (AvgIpc) is 2.48. The number of nitrogens with zero attached hydrogens (tertiary/aromatic N) is 1. The van der Waals surface area contributed by atoms with Gasteiger partial charge in [-0.2, -0.15) is 0 Å². The molecule has 1 N–H and O–H groups in total. The Morgan fingerprint density at radius 1 is 1.24 bits per heavy atom. The Hall–Kier alpha value is -1.84. The van der Waals surface area contributed by atoms with Crippen LogP contribution in [0.5, 0.6) is 0 Å². The van der Waals surface area contributed by atoms with Gasteiger partial charge in [-0.3, -0.25) is 9.59 Å². The highest BCUT2D eigenvalue weighted by molar-refractivity contribution is 5.79. The maximum absolute atomic E-state index is 12.2. The van der Waals surface area contributed by atoms with Crippen LogP contribution in [0.25, 0.3) is 0 Å². The smallest absolute Gasteiger partial charge is 0.223 e. The first-order chi connectivity index (χ1) is 9.97. The molecule has 2 rings (SSSR count). The molecule has 0 aliphatic carbocycles. The van der Waals surface area contributed by atoms with Crippen molar-refractivity contribution in [1.82, 2.24) is 10.2 Å². The molecule has 0 spiro atoms. The van der Waals surface area contributed by atoms with Crippen molar-refractivity contribution in [3.8, 4) is 0 Å². The summed E-state index contributed by atoms with van der Waals surface area (Å²) in [4.78, 5) is 25.3. The van der Waals surface area contributed by atoms with Crippen LogP contribution in [-0.4, -0.2) is 29.8 Å². The van der Waals surface area contributed by atoms with Gasteiger partial charge in [-0.25, -0.2) is 0 Å². The third-order valence-electron chi connectivity index (χ3n) is 4.27. The zero-order valence-corrected chi connectivity index (χ0v) is 13.1. The van der Waals surface area contributed by atoms with Crippen molar-refractivity contribution in [2.45, 2.75) is 40.2 Å². The van der Waals surface area contributed by atoms with Gasteiger partial charge in [0.2, 0.25) is 11.8 Å². The molecule has 2 amide bonds. The Labute approximate surface area is 126 Å². The Morgan fingerprint density at radius 3 is 2.52 bits per heavy atom. The van der Waals surface area contributed by atoms with Crippen LogP contribution in [0.3, 0.4) is 0 Å². The summed E-state index contributed by atoms with van der Waals surface area (Å²) in [5.41, 5.74) is 3.58. The van der Waals surface area contributed by atoms with E-state index in [9.17, 15) is 9.59 Å². The predicted octanol–water partition coefficient (Wildman–Crippen LogP) is 2.18. The van der Waals surface area contributed by atoms with E-state index in [1.54, 1.807) is 6.92 Å². The predicted molar refractivity (Wildman–Crippen MR) is 82.7 cm³/mol. The summed E-state index contributed by atoms with van der Waals surface area (Å²) in [6, 6.07) is 6.29. The van der Waals surface area contributed by atoms with Crippen LogP contribution in [-0.2, 0) is 16.1 Å². The number of amides is 2. The topological polar surface area (TPSA) is 49.4 Å². The van der Waals surface area contributed by atoms with Gasteiger partial charge in [-0.1, -0.05) is 23.8 Å². The fourth-order valence-corrected chi connectivity index (χ4v) is 2.77. The third-order valence-corrected chi connectivity index (χ3v) is 4.27. The van der Waals surface area contributed by atoms with E-state index in [1.807, 2.05) is 4.90 Å². The van der Waals surface area contributed by atoms with Crippen LogP contribution in [0.1, 0.15) is 36.5 Å². The summed E-state index contributed by atoms with van der Waals surface area (Å²) in [7, 11) is 0. The van der Waals surface area contributed by atoms with Crippen molar-refractivity contribution in [1.29, 1.82) is 0 Å². The molecule has 0 radical (unpaired) electrons. The molecule has 0 unspecified atom stereocenters. The van der Waals surface area contributed by atoms with Crippen molar-refractivity contribution >= 4 is 11.8 Å². The number of hydrogen-bond donors (Lipinski definition) is 1. The van der Waals surface area contributed by atoms with E-state index in [1.165, 1.54) is 16.7 Å². The van der Waals surface area contributed by atoms with Gasteiger partial charge in [-0.05, 0) is 37.8 Å². The van der Waals surface area contributed by atoms with E-state index in [-0.39, 0.29) is 17.7 Å². The molecule has 1 fully saturated rings. The molecule has 0 atom stereocenters. The van der Waals surface area contributed by atoms with Gasteiger partial charge < -0.3 is 10.2 Å². The van der Waals surface area contributed by atoms with Crippen molar-refractivity contribution in [3.63, 3.8) is 0 Å². The number of nitrogens with one attached hydrogen (secondary N) is 1. The van der Waals surface area contributed by atoms with Gasteiger partial charge in [0.1, 0.15) is 0 Å². The van der Waals surface area contributed by atoms with Crippen LogP contribution in [0.4, 0.5) is 0 Å². The number of rotatable bonds is 3. The summed E-state index contributed by atoms with van der Waals surface area (Å²) in [6.45, 7) is 7.67. The second-order valence-corrected chi connectivity index (χ2v) is 5.93. The molecule has 1 saturated heterocycles. The first-order valence-electron chi connectivity index (χ1n) is 7.56. The monoisotopic (exact) mass is 288 g/mol. The number of piperidine rings is 1. The van der Waals surface area contributed by atoms with Crippen LogP contribution >= 0.6 is 0 Å². The van der Waals surface area contributed by atoms with E-state index >= 15 is 0 Å². The molecule has 0 bridgehead atoms. The Bertz CT molecular complexity index is 532. The Morgan fingerprint density at radius 2 is 1.90 bits per heavy atom. The van der Waals surface area contributed by atoms with E-state index in [2.05, 4.69) is 37.4 Å². The summed E-state index contributed by atoms with van der Waals surface area (Å²) in [5.74, 6) is 0.245. The maximum Gasteiger partial charge on any atom is 0.223 e. The van der Waals surface area contributed by atoms with E-state index < -0.39 is 0 Å². The lowest BCUT2D eigenvalue weighted by molar-refractivity contribution is -0.134. The standard InChI is InChI=1S/C17H24N2O2/c1-12-4-5-13(2)16(10-12)11-18-17(21)15-6-8-19(9-7-15)14(3)20/h4-5,10,15H,6-9,11H2,1-3H3,(H,18,21). The molecular weight excluding hydrogens is 264 g/mol. The van der Waals surface area contributed by atoms with Crippen molar-refractivity contribution in [2.24, 2.45) is 5.92 Å². The third kappa shape index (κ3) is 4.06. The SMILES string of the molecule is CC(=O)N1CCC(C(=O)NCc2cc(C)ccc2C)CC1. The summed E-state index contributed by atoms with van der Waals surface area (Å²) < 4.78 is 0. The van der Waals surface area contributed by atoms with E-state index in [0.29, 0.717) is 19.6 Å². The average molecular weight is 288 g/mol. The van der Waals surface area contributed by atoms with Gasteiger partial charge in [0, 0.05) is 32.5 Å². The van der Waals surface area contributed by atoms with Crippen LogP contribution in [0.15, 0.2) is 18.2 Å². The normalized spacial score (nSPS) is 15.9.